The third-order valence-corrected chi connectivity index (χ3v) is 5.14. The van der Waals surface area contributed by atoms with Gasteiger partial charge < -0.3 is 19.7 Å². The summed E-state index contributed by atoms with van der Waals surface area (Å²) in [4.78, 5) is 24.4. The topological polar surface area (TPSA) is 93.1 Å². The highest BCUT2D eigenvalue weighted by molar-refractivity contribution is 5.91. The largest absolute Gasteiger partial charge is 0.393 e. The summed E-state index contributed by atoms with van der Waals surface area (Å²) >= 11 is 0. The van der Waals surface area contributed by atoms with E-state index < -0.39 is 24.1 Å². The zero-order valence-corrected chi connectivity index (χ0v) is 19.7. The molecule has 29 heavy (non-hydrogen) atoms. The van der Waals surface area contributed by atoms with Crippen LogP contribution in [0.3, 0.4) is 0 Å². The van der Waals surface area contributed by atoms with Gasteiger partial charge in [-0.2, -0.15) is 0 Å². The lowest BCUT2D eigenvalue weighted by atomic mass is 9.86. The molecule has 0 aliphatic heterocycles. The first-order chi connectivity index (χ1) is 13.8. The Bertz CT molecular complexity index is 410. The van der Waals surface area contributed by atoms with Gasteiger partial charge in [-0.25, -0.2) is 4.79 Å². The van der Waals surface area contributed by atoms with Crippen LogP contribution in [0.25, 0.3) is 0 Å². The molecular formula is C23H46O6. The fraction of sp³-hybridized carbons (Fsp3) is 0.913. The number of carbonyl (C=O) groups is 2. The minimum absolute atomic E-state index is 0.117. The molecule has 0 saturated heterocycles. The van der Waals surface area contributed by atoms with Gasteiger partial charge >= 0.3 is 11.9 Å². The van der Waals surface area contributed by atoms with Crippen molar-refractivity contribution >= 4 is 11.9 Å². The van der Waals surface area contributed by atoms with Gasteiger partial charge in [-0.1, -0.05) is 66.2 Å². The van der Waals surface area contributed by atoms with Crippen LogP contribution in [0.4, 0.5) is 0 Å². The molecule has 0 aromatic carbocycles. The molecule has 0 aromatic heterocycles. The maximum absolute atomic E-state index is 12.3. The van der Waals surface area contributed by atoms with Crippen molar-refractivity contribution in [2.24, 2.45) is 11.8 Å². The second kappa shape index (κ2) is 19.0. The van der Waals surface area contributed by atoms with Crippen LogP contribution in [0.5, 0.6) is 0 Å². The summed E-state index contributed by atoms with van der Waals surface area (Å²) in [6.45, 7) is 12.9. The lowest BCUT2D eigenvalue weighted by molar-refractivity contribution is -0.181. The Balaban J connectivity index is 0. The molecule has 0 aliphatic rings. The number of esters is 2. The van der Waals surface area contributed by atoms with Crippen molar-refractivity contribution in [3.05, 3.63) is 0 Å². The van der Waals surface area contributed by atoms with Gasteiger partial charge in [-0.15, -0.1) is 0 Å². The molecule has 0 aliphatic carbocycles. The van der Waals surface area contributed by atoms with Gasteiger partial charge in [0.1, 0.15) is 0 Å². The van der Waals surface area contributed by atoms with Gasteiger partial charge in [0.15, 0.2) is 5.60 Å². The first kappa shape index (κ1) is 30.2. The quantitative estimate of drug-likeness (QED) is 0.297. The monoisotopic (exact) mass is 418 g/mol. The fourth-order valence-electron chi connectivity index (χ4n) is 3.05. The average molecular weight is 419 g/mol. The highest BCUT2D eigenvalue weighted by Crippen LogP contribution is 2.26. The summed E-state index contributed by atoms with van der Waals surface area (Å²) in [6.07, 6.45) is 6.97. The zero-order valence-electron chi connectivity index (χ0n) is 19.7. The van der Waals surface area contributed by atoms with Crippen molar-refractivity contribution in [3.8, 4) is 0 Å². The molecule has 6 nitrogen and oxygen atoms in total. The predicted octanol–water partition coefficient (Wildman–Crippen LogP) is 4.65. The number of rotatable bonds is 15. The van der Waals surface area contributed by atoms with Crippen LogP contribution in [-0.4, -0.2) is 47.6 Å². The van der Waals surface area contributed by atoms with E-state index in [1.54, 1.807) is 0 Å². The number of aliphatic hydroxyl groups is 2. The highest BCUT2D eigenvalue weighted by atomic mass is 16.6. The van der Waals surface area contributed by atoms with Crippen molar-refractivity contribution in [1.82, 2.24) is 0 Å². The van der Waals surface area contributed by atoms with Gasteiger partial charge in [-0.3, -0.25) is 4.79 Å². The zero-order chi connectivity index (χ0) is 22.7. The van der Waals surface area contributed by atoms with Crippen LogP contribution in [0.15, 0.2) is 0 Å². The average Bonchev–Trinajstić information content (AvgIpc) is 2.72. The Kier molecular flexibility index (Phi) is 19.8. The van der Waals surface area contributed by atoms with Gasteiger partial charge in [-0.05, 0) is 39.0 Å². The molecule has 0 fully saturated rings. The van der Waals surface area contributed by atoms with E-state index >= 15 is 0 Å². The summed E-state index contributed by atoms with van der Waals surface area (Å²) in [5, 5.41) is 20.0. The molecule has 0 radical (unpaired) electrons. The Morgan fingerprint density at radius 2 is 1.45 bits per heavy atom. The van der Waals surface area contributed by atoms with E-state index in [4.69, 9.17) is 9.47 Å². The molecule has 0 heterocycles. The number of unbranched alkanes of at least 4 members (excludes halogenated alkanes) is 2. The summed E-state index contributed by atoms with van der Waals surface area (Å²) in [5.74, 6) is -1.82. The van der Waals surface area contributed by atoms with E-state index in [0.717, 1.165) is 51.7 Å². The molecule has 0 aromatic rings. The minimum Gasteiger partial charge on any atom is -0.393 e. The summed E-state index contributed by atoms with van der Waals surface area (Å²) in [5.41, 5.74) is -1.99. The molecule has 0 spiro atoms. The molecule has 0 saturated carbocycles. The van der Waals surface area contributed by atoms with Crippen LogP contribution in [0.2, 0.25) is 0 Å². The third kappa shape index (κ3) is 13.8. The van der Waals surface area contributed by atoms with Crippen LogP contribution >= 0.6 is 0 Å². The Labute approximate surface area is 178 Å². The van der Waals surface area contributed by atoms with E-state index in [0.29, 0.717) is 12.8 Å². The van der Waals surface area contributed by atoms with Crippen LogP contribution < -0.4 is 0 Å². The highest BCUT2D eigenvalue weighted by Gasteiger charge is 2.40. The maximum atomic E-state index is 12.3. The van der Waals surface area contributed by atoms with Gasteiger partial charge in [0, 0.05) is 13.2 Å². The molecule has 0 amide bonds. The second-order valence-electron chi connectivity index (χ2n) is 7.55. The first-order valence-electron chi connectivity index (χ1n) is 11.5. The van der Waals surface area contributed by atoms with Crippen LogP contribution in [-0.2, 0) is 19.1 Å². The maximum Gasteiger partial charge on any atom is 0.348 e. The van der Waals surface area contributed by atoms with Crippen molar-refractivity contribution < 1.29 is 29.3 Å². The Morgan fingerprint density at radius 1 is 0.897 bits per heavy atom. The number of hydrogen-bond acceptors (Lipinski definition) is 6. The van der Waals surface area contributed by atoms with Crippen LogP contribution in [0.1, 0.15) is 99.3 Å². The molecule has 6 heteroatoms. The van der Waals surface area contributed by atoms with E-state index in [-0.39, 0.29) is 18.3 Å². The molecular weight excluding hydrogens is 372 g/mol. The van der Waals surface area contributed by atoms with E-state index in [2.05, 4.69) is 6.92 Å². The molecule has 3 atom stereocenters. The first-order valence-corrected chi connectivity index (χ1v) is 11.5. The number of ether oxygens (including phenoxy) is 2. The molecule has 174 valence electrons. The summed E-state index contributed by atoms with van der Waals surface area (Å²) in [7, 11) is 0. The number of aliphatic hydroxyl groups excluding tert-OH is 1. The molecule has 0 bridgehead atoms. The SMILES string of the molecule is CCCCC(CC)CC(O)(CO)C(=O)OC(=O)C(CC)CCCC.CCOCC. The number of hydrogen-bond donors (Lipinski definition) is 2. The summed E-state index contributed by atoms with van der Waals surface area (Å²) in [6, 6.07) is 0. The summed E-state index contributed by atoms with van der Waals surface area (Å²) < 4.78 is 9.75. The lowest BCUT2D eigenvalue weighted by Gasteiger charge is -2.28. The molecule has 2 N–H and O–H groups in total. The Hall–Kier alpha value is -0.980. The molecule has 0 rings (SSSR count). The normalized spacial score (nSPS) is 14.9. The van der Waals surface area contributed by atoms with Gasteiger partial charge in [0.25, 0.3) is 0 Å². The van der Waals surface area contributed by atoms with E-state index in [1.165, 1.54) is 0 Å². The van der Waals surface area contributed by atoms with Crippen molar-refractivity contribution in [2.75, 3.05) is 19.8 Å². The van der Waals surface area contributed by atoms with Crippen molar-refractivity contribution in [1.29, 1.82) is 0 Å². The Morgan fingerprint density at radius 3 is 1.83 bits per heavy atom. The van der Waals surface area contributed by atoms with E-state index in [1.807, 2.05) is 34.6 Å². The number of carbonyl (C=O) groups excluding carboxylic acids is 2. The smallest absolute Gasteiger partial charge is 0.348 e. The van der Waals surface area contributed by atoms with Crippen LogP contribution in [0, 0.1) is 11.8 Å². The fourth-order valence-corrected chi connectivity index (χ4v) is 3.05. The second-order valence-corrected chi connectivity index (χ2v) is 7.55. The third-order valence-electron chi connectivity index (χ3n) is 5.14. The van der Waals surface area contributed by atoms with E-state index in [9.17, 15) is 19.8 Å². The van der Waals surface area contributed by atoms with Gasteiger partial charge in [0.05, 0.1) is 12.5 Å². The molecule has 3 unspecified atom stereocenters. The van der Waals surface area contributed by atoms with Crippen molar-refractivity contribution in [3.63, 3.8) is 0 Å². The van der Waals surface area contributed by atoms with Gasteiger partial charge in [0.2, 0.25) is 0 Å². The van der Waals surface area contributed by atoms with Crippen molar-refractivity contribution in [2.45, 2.75) is 105 Å². The minimum atomic E-state index is -1.99. The lowest BCUT2D eigenvalue weighted by Crippen LogP contribution is -2.46. The standard InChI is InChI=1S/C19H36O5.C4H10O/c1-5-9-11-15(7-3)13-19(23,14-20)18(22)24-17(21)16(8-4)12-10-6-2;1-3-5-4-2/h15-16,20,23H,5-14H2,1-4H3;3-4H2,1-2H3. The predicted molar refractivity (Wildman–Crippen MR) is 117 cm³/mol.